The van der Waals surface area contributed by atoms with Crippen LogP contribution < -0.4 is 10.1 Å². The average molecular weight is 268 g/mol. The summed E-state index contributed by atoms with van der Waals surface area (Å²) in [5, 5.41) is 3.44. The molecule has 0 saturated heterocycles. The first-order valence-corrected chi connectivity index (χ1v) is 6.73. The van der Waals surface area contributed by atoms with E-state index in [9.17, 15) is 4.79 Å². The molecule has 0 unspecified atom stereocenters. The summed E-state index contributed by atoms with van der Waals surface area (Å²) in [6.45, 7) is 0. The fraction of sp³-hybridized carbons (Fsp3) is 0.500. The van der Waals surface area contributed by atoms with Gasteiger partial charge in [0.05, 0.1) is 12.1 Å². The van der Waals surface area contributed by atoms with Crippen LogP contribution in [0.4, 0.5) is 5.69 Å². The van der Waals surface area contributed by atoms with Crippen molar-refractivity contribution in [1.29, 1.82) is 0 Å². The standard InChI is InChI=1S/C14H18ClNO2/c1-18-13-8-7-11(9-12(13)15)16-14(17)10-5-3-2-4-6-10/h7-10H,2-6H2,1H3,(H,16,17). The largest absolute Gasteiger partial charge is 0.495 e. The number of benzene rings is 1. The molecule has 1 aliphatic rings. The van der Waals surface area contributed by atoms with Crippen LogP contribution in [-0.4, -0.2) is 13.0 Å². The maximum atomic E-state index is 12.0. The molecule has 98 valence electrons. The number of amides is 1. The topological polar surface area (TPSA) is 38.3 Å². The average Bonchev–Trinajstić information content (AvgIpc) is 2.40. The predicted molar refractivity (Wildman–Crippen MR) is 73.2 cm³/mol. The molecule has 0 heterocycles. The SMILES string of the molecule is COc1ccc(NC(=O)C2CCCCC2)cc1Cl. The summed E-state index contributed by atoms with van der Waals surface area (Å²) >= 11 is 6.02. The van der Waals surface area contributed by atoms with E-state index in [0.717, 1.165) is 31.4 Å². The molecule has 18 heavy (non-hydrogen) atoms. The molecule has 4 heteroatoms. The van der Waals surface area contributed by atoms with Gasteiger partial charge in [0.15, 0.2) is 0 Å². The lowest BCUT2D eigenvalue weighted by atomic mass is 9.88. The fourth-order valence-corrected chi connectivity index (χ4v) is 2.61. The Morgan fingerprint density at radius 3 is 2.67 bits per heavy atom. The van der Waals surface area contributed by atoms with Gasteiger partial charge in [0, 0.05) is 11.6 Å². The van der Waals surface area contributed by atoms with Crippen molar-refractivity contribution in [3.8, 4) is 5.75 Å². The number of halogens is 1. The number of methoxy groups -OCH3 is 1. The van der Waals surface area contributed by atoms with Gasteiger partial charge in [-0.1, -0.05) is 30.9 Å². The molecule has 0 aromatic heterocycles. The van der Waals surface area contributed by atoms with Crippen molar-refractivity contribution in [3.05, 3.63) is 23.2 Å². The maximum absolute atomic E-state index is 12.0. The van der Waals surface area contributed by atoms with E-state index in [2.05, 4.69) is 5.32 Å². The van der Waals surface area contributed by atoms with E-state index in [1.54, 1.807) is 19.2 Å². The van der Waals surface area contributed by atoms with Gasteiger partial charge in [-0.2, -0.15) is 0 Å². The van der Waals surface area contributed by atoms with Crippen molar-refractivity contribution in [3.63, 3.8) is 0 Å². The van der Waals surface area contributed by atoms with Gasteiger partial charge in [-0.05, 0) is 31.0 Å². The van der Waals surface area contributed by atoms with Gasteiger partial charge >= 0.3 is 0 Å². The minimum Gasteiger partial charge on any atom is -0.495 e. The van der Waals surface area contributed by atoms with Crippen LogP contribution in [0, 0.1) is 5.92 Å². The summed E-state index contributed by atoms with van der Waals surface area (Å²) in [5.74, 6) is 0.878. The summed E-state index contributed by atoms with van der Waals surface area (Å²) in [6, 6.07) is 5.30. The molecule has 1 aromatic carbocycles. The van der Waals surface area contributed by atoms with Gasteiger partial charge in [-0.15, -0.1) is 0 Å². The first-order chi connectivity index (χ1) is 8.70. The lowest BCUT2D eigenvalue weighted by molar-refractivity contribution is -0.120. The Labute approximate surface area is 112 Å². The van der Waals surface area contributed by atoms with Gasteiger partial charge in [0.1, 0.15) is 5.75 Å². The highest BCUT2D eigenvalue weighted by molar-refractivity contribution is 6.32. The first kappa shape index (κ1) is 13.2. The zero-order valence-corrected chi connectivity index (χ0v) is 11.3. The summed E-state index contributed by atoms with van der Waals surface area (Å²) in [4.78, 5) is 12.0. The number of anilines is 1. The summed E-state index contributed by atoms with van der Waals surface area (Å²) in [5.41, 5.74) is 0.733. The Morgan fingerprint density at radius 1 is 1.33 bits per heavy atom. The van der Waals surface area contributed by atoms with Crippen LogP contribution >= 0.6 is 11.6 Å². The monoisotopic (exact) mass is 267 g/mol. The van der Waals surface area contributed by atoms with Crippen LogP contribution in [-0.2, 0) is 4.79 Å². The van der Waals surface area contributed by atoms with E-state index in [1.165, 1.54) is 6.42 Å². The Kier molecular flexibility index (Phi) is 4.48. The second-order valence-corrected chi connectivity index (χ2v) is 5.08. The number of nitrogens with one attached hydrogen (secondary N) is 1. The third kappa shape index (κ3) is 3.16. The molecule has 1 aromatic rings. The van der Waals surface area contributed by atoms with Crippen LogP contribution in [0.1, 0.15) is 32.1 Å². The van der Waals surface area contributed by atoms with Gasteiger partial charge in [-0.25, -0.2) is 0 Å². The third-order valence-corrected chi connectivity index (χ3v) is 3.69. The molecule has 0 spiro atoms. The zero-order chi connectivity index (χ0) is 13.0. The lowest BCUT2D eigenvalue weighted by Gasteiger charge is -2.20. The maximum Gasteiger partial charge on any atom is 0.227 e. The molecule has 1 aliphatic carbocycles. The molecule has 0 aliphatic heterocycles. The van der Waals surface area contributed by atoms with E-state index in [0.29, 0.717) is 10.8 Å². The first-order valence-electron chi connectivity index (χ1n) is 6.35. The van der Waals surface area contributed by atoms with Crippen molar-refractivity contribution in [2.24, 2.45) is 5.92 Å². The molecule has 0 bridgehead atoms. The Balaban J connectivity index is 2.00. The van der Waals surface area contributed by atoms with Gasteiger partial charge in [-0.3, -0.25) is 4.79 Å². The van der Waals surface area contributed by atoms with Crippen LogP contribution in [0.3, 0.4) is 0 Å². The van der Waals surface area contributed by atoms with Gasteiger partial charge in [0.2, 0.25) is 5.91 Å². The van der Waals surface area contributed by atoms with Crippen LogP contribution in [0.5, 0.6) is 5.75 Å². The second-order valence-electron chi connectivity index (χ2n) is 4.67. The Bertz CT molecular complexity index is 428. The molecule has 1 fully saturated rings. The molecular weight excluding hydrogens is 250 g/mol. The third-order valence-electron chi connectivity index (χ3n) is 3.40. The normalized spacial score (nSPS) is 16.3. The van der Waals surface area contributed by atoms with E-state index in [-0.39, 0.29) is 11.8 Å². The highest BCUT2D eigenvalue weighted by Crippen LogP contribution is 2.29. The van der Waals surface area contributed by atoms with E-state index in [4.69, 9.17) is 16.3 Å². The van der Waals surface area contributed by atoms with Crippen molar-refractivity contribution < 1.29 is 9.53 Å². The smallest absolute Gasteiger partial charge is 0.227 e. The number of hydrogen-bond donors (Lipinski definition) is 1. The van der Waals surface area contributed by atoms with E-state index in [1.807, 2.05) is 6.07 Å². The highest BCUT2D eigenvalue weighted by Gasteiger charge is 2.21. The zero-order valence-electron chi connectivity index (χ0n) is 10.5. The quantitative estimate of drug-likeness (QED) is 0.903. The van der Waals surface area contributed by atoms with Gasteiger partial charge in [0.25, 0.3) is 0 Å². The fourth-order valence-electron chi connectivity index (χ4n) is 2.35. The van der Waals surface area contributed by atoms with Crippen molar-refractivity contribution in [2.45, 2.75) is 32.1 Å². The van der Waals surface area contributed by atoms with Crippen LogP contribution in [0.2, 0.25) is 5.02 Å². The second kappa shape index (κ2) is 6.10. The minimum absolute atomic E-state index is 0.107. The molecule has 3 nitrogen and oxygen atoms in total. The molecule has 0 radical (unpaired) electrons. The van der Waals surface area contributed by atoms with E-state index < -0.39 is 0 Å². The molecule has 1 N–H and O–H groups in total. The molecule has 2 rings (SSSR count). The minimum atomic E-state index is 0.107. The molecule has 1 amide bonds. The Hall–Kier alpha value is -1.22. The van der Waals surface area contributed by atoms with Crippen LogP contribution in [0.25, 0.3) is 0 Å². The summed E-state index contributed by atoms with van der Waals surface area (Å²) < 4.78 is 5.08. The summed E-state index contributed by atoms with van der Waals surface area (Å²) in [6.07, 6.45) is 5.55. The predicted octanol–water partition coefficient (Wildman–Crippen LogP) is 3.87. The van der Waals surface area contributed by atoms with Crippen molar-refractivity contribution in [1.82, 2.24) is 0 Å². The van der Waals surface area contributed by atoms with Gasteiger partial charge < -0.3 is 10.1 Å². The number of carbonyl (C=O) groups excluding carboxylic acids is 1. The van der Waals surface area contributed by atoms with Crippen molar-refractivity contribution >= 4 is 23.2 Å². The Morgan fingerprint density at radius 2 is 2.06 bits per heavy atom. The number of rotatable bonds is 3. The van der Waals surface area contributed by atoms with Crippen LogP contribution in [0.15, 0.2) is 18.2 Å². The highest BCUT2D eigenvalue weighted by atomic mass is 35.5. The molecular formula is C14H18ClNO2. The molecule has 1 saturated carbocycles. The number of ether oxygens (including phenoxy) is 1. The van der Waals surface area contributed by atoms with Crippen molar-refractivity contribution in [2.75, 3.05) is 12.4 Å². The number of carbonyl (C=O) groups is 1. The van der Waals surface area contributed by atoms with E-state index >= 15 is 0 Å². The number of hydrogen-bond acceptors (Lipinski definition) is 2. The summed E-state index contributed by atoms with van der Waals surface area (Å²) in [7, 11) is 1.57. The molecule has 0 atom stereocenters. The lowest BCUT2D eigenvalue weighted by Crippen LogP contribution is -2.24.